The first-order chi connectivity index (χ1) is 15.9. The maximum atomic E-state index is 2.78. The van der Waals surface area contributed by atoms with Gasteiger partial charge in [0.2, 0.25) is 0 Å². The smallest absolute Gasteiger partial charge is 1.00 e. The molecule has 182 valence electrons. The summed E-state index contributed by atoms with van der Waals surface area (Å²) in [5.74, 6) is 1.74. The molecule has 5 aliphatic rings. The fraction of sp³-hybridized carbons (Fsp3) is 0.600. The van der Waals surface area contributed by atoms with Gasteiger partial charge in [0, 0.05) is 0 Å². The number of hydrogen-bond acceptors (Lipinski definition) is 0. The van der Waals surface area contributed by atoms with Crippen LogP contribution in [-0.4, -0.2) is 11.3 Å². The first-order valence-corrected chi connectivity index (χ1v) is 19.2. The maximum absolute atomic E-state index is 2.78. The predicted molar refractivity (Wildman–Crippen MR) is 136 cm³/mol. The number of rotatable bonds is 5. The molecule has 1 aromatic carbocycles. The van der Waals surface area contributed by atoms with Gasteiger partial charge in [-0.25, -0.2) is 0 Å². The van der Waals surface area contributed by atoms with Crippen molar-refractivity contribution < 1.29 is 47.7 Å². The van der Waals surface area contributed by atoms with E-state index < -0.39 is 22.9 Å². The van der Waals surface area contributed by atoms with Crippen LogP contribution in [0.15, 0.2) is 53.9 Å². The van der Waals surface area contributed by atoms with E-state index >= 15 is 0 Å². The molecule has 6 rings (SSSR count). The average Bonchev–Trinajstić information content (AvgIpc) is 3.43. The fourth-order valence-electron chi connectivity index (χ4n) is 7.51. The van der Waals surface area contributed by atoms with Gasteiger partial charge in [0.25, 0.3) is 0 Å². The van der Waals surface area contributed by atoms with Gasteiger partial charge in [0.05, 0.1) is 0 Å². The van der Waals surface area contributed by atoms with Crippen molar-refractivity contribution in [3.05, 3.63) is 65.0 Å². The van der Waals surface area contributed by atoms with Crippen LogP contribution in [0.2, 0.25) is 3.67 Å². The van der Waals surface area contributed by atoms with Crippen molar-refractivity contribution >= 4 is 14.0 Å². The third-order valence-corrected chi connectivity index (χ3v) is 20.9. The number of hydrogen-bond donors (Lipinski definition) is 0. The predicted octanol–water partition coefficient (Wildman–Crippen LogP) is 3.26. The van der Waals surface area contributed by atoms with Crippen LogP contribution in [0.1, 0.15) is 91.9 Å². The molecule has 4 heteroatoms. The molecule has 0 nitrogen and oxygen atoms in total. The number of benzene rings is 1. The van der Waals surface area contributed by atoms with E-state index in [1.807, 2.05) is 5.31 Å². The molecule has 3 fully saturated rings. The molecule has 0 amide bonds. The Labute approximate surface area is 232 Å². The first-order valence-electron chi connectivity index (χ1n) is 13.6. The SMILES string of the molecule is C1=CC2CC[CH]([Hf+2][CH]3C(P(C4CCCCC4)C4CCCCC4)=Cc4ccccc43)C2C=C1.[Cl-].[Cl-]. The van der Waals surface area contributed by atoms with Gasteiger partial charge in [-0.05, 0) is 0 Å². The average molecular weight is 680 g/mol. The third kappa shape index (κ3) is 5.59. The van der Waals surface area contributed by atoms with Crippen LogP contribution >= 0.6 is 7.92 Å². The van der Waals surface area contributed by atoms with E-state index in [1.54, 1.807) is 11.1 Å². The van der Waals surface area contributed by atoms with Crippen LogP contribution in [0, 0.1) is 11.8 Å². The monoisotopic (exact) mass is 680 g/mol. The third-order valence-electron chi connectivity index (χ3n) is 9.09. The van der Waals surface area contributed by atoms with Gasteiger partial charge in [-0.1, -0.05) is 0 Å². The molecule has 0 aliphatic heterocycles. The van der Waals surface area contributed by atoms with Crippen LogP contribution in [0.5, 0.6) is 0 Å². The Morgan fingerprint density at radius 3 is 2.06 bits per heavy atom. The summed E-state index contributed by atoms with van der Waals surface area (Å²) in [6.07, 6.45) is 30.7. The summed E-state index contributed by atoms with van der Waals surface area (Å²) in [5, 5.41) is 2.03. The van der Waals surface area contributed by atoms with E-state index in [2.05, 4.69) is 54.6 Å². The van der Waals surface area contributed by atoms with Gasteiger partial charge >= 0.3 is 209 Å². The van der Waals surface area contributed by atoms with Crippen molar-refractivity contribution in [3.63, 3.8) is 0 Å². The summed E-state index contributed by atoms with van der Waals surface area (Å²) in [6, 6.07) is 9.63. The Kier molecular flexibility index (Phi) is 10.2. The second-order valence-electron chi connectivity index (χ2n) is 11.0. The van der Waals surface area contributed by atoms with E-state index in [4.69, 9.17) is 0 Å². The topological polar surface area (TPSA) is 0 Å². The van der Waals surface area contributed by atoms with Crippen molar-refractivity contribution in [2.45, 2.75) is 95.7 Å². The summed E-state index contributed by atoms with van der Waals surface area (Å²) >= 11 is -0.853. The summed E-state index contributed by atoms with van der Waals surface area (Å²) in [6.45, 7) is 0. The van der Waals surface area contributed by atoms with Gasteiger partial charge in [-0.15, -0.1) is 0 Å². The quantitative estimate of drug-likeness (QED) is 0.332. The van der Waals surface area contributed by atoms with Crippen molar-refractivity contribution in [1.82, 2.24) is 0 Å². The molecule has 0 N–H and O–H groups in total. The summed E-state index contributed by atoms with van der Waals surface area (Å²) in [5.41, 5.74) is 5.47. The van der Waals surface area contributed by atoms with Gasteiger partial charge in [0.15, 0.2) is 0 Å². The molecule has 4 unspecified atom stereocenters. The van der Waals surface area contributed by atoms with E-state index in [9.17, 15) is 0 Å². The summed E-state index contributed by atoms with van der Waals surface area (Å²) in [7, 11) is 0.0545. The molecule has 3 saturated carbocycles. The van der Waals surface area contributed by atoms with Gasteiger partial charge < -0.3 is 24.8 Å². The summed E-state index contributed by atoms with van der Waals surface area (Å²) < 4.78 is 1.97. The molecule has 0 bridgehead atoms. The Balaban J connectivity index is 0.00000137. The van der Waals surface area contributed by atoms with E-state index in [0.29, 0.717) is 0 Å². The molecule has 0 aromatic heterocycles. The molecule has 1 aromatic rings. The number of allylic oxidation sites excluding steroid dienone is 5. The molecule has 5 aliphatic carbocycles. The number of halogens is 2. The minimum Gasteiger partial charge on any atom is -1.00 e. The van der Waals surface area contributed by atoms with Gasteiger partial charge in [-0.3, -0.25) is 0 Å². The Hall–Kier alpha value is 0.320. The molecule has 0 saturated heterocycles. The van der Waals surface area contributed by atoms with Crippen molar-refractivity contribution in [2.75, 3.05) is 0 Å². The minimum absolute atomic E-state index is 0. The normalized spacial score (nSPS) is 30.7. The van der Waals surface area contributed by atoms with E-state index in [0.717, 1.165) is 30.5 Å². The van der Waals surface area contributed by atoms with Crippen molar-refractivity contribution in [1.29, 1.82) is 0 Å². The van der Waals surface area contributed by atoms with Crippen LogP contribution in [0.3, 0.4) is 0 Å². The maximum Gasteiger partial charge on any atom is -1.00 e. The van der Waals surface area contributed by atoms with Gasteiger partial charge in [0.1, 0.15) is 0 Å². The van der Waals surface area contributed by atoms with Crippen LogP contribution in [0.25, 0.3) is 6.08 Å². The largest absolute Gasteiger partial charge is 1.00 e. The molecule has 34 heavy (non-hydrogen) atoms. The number of fused-ring (bicyclic) bond motifs is 2. The molecule has 0 spiro atoms. The Bertz CT molecular complexity index is 879. The van der Waals surface area contributed by atoms with E-state index in [-0.39, 0.29) is 32.7 Å². The molecule has 4 atom stereocenters. The van der Waals surface area contributed by atoms with Crippen LogP contribution < -0.4 is 24.8 Å². The summed E-state index contributed by atoms with van der Waals surface area (Å²) in [4.78, 5) is 0. The van der Waals surface area contributed by atoms with Crippen molar-refractivity contribution in [2.24, 2.45) is 11.8 Å². The molecular weight excluding hydrogens is 641 g/mol. The van der Waals surface area contributed by atoms with Crippen LogP contribution in [0.4, 0.5) is 0 Å². The molecule has 0 heterocycles. The standard InChI is InChI=1S/C21H28P.C9H11.2ClH.Hf/c1-3-11-19(12-4-1)22(20-13-5-2-6-14-20)21-15-17-9-7-8-10-18(17)16-21;1-2-5-9-7-3-6-8(9)4-1;;;/h7-10,15-16,19-20H,1-6,11-14H2;1-2,4-6,8-9H,3,7H2;2*1H;/q;;;;+2/p-2. The van der Waals surface area contributed by atoms with Crippen LogP contribution in [-0.2, 0) is 22.9 Å². The molecular formula is C30H39Cl2HfP. The Morgan fingerprint density at radius 2 is 1.35 bits per heavy atom. The first kappa shape index (κ1) is 27.4. The zero-order valence-corrected chi connectivity index (χ0v) is 26.3. The second-order valence-corrected chi connectivity index (χ2v) is 19.7. The Morgan fingerprint density at radius 1 is 0.706 bits per heavy atom. The van der Waals surface area contributed by atoms with E-state index in [1.165, 1.54) is 77.0 Å². The molecule has 0 radical (unpaired) electrons. The van der Waals surface area contributed by atoms with Gasteiger partial charge in [-0.2, -0.15) is 0 Å². The fourth-order valence-corrected chi connectivity index (χ4v) is 21.1. The van der Waals surface area contributed by atoms with Crippen molar-refractivity contribution in [3.8, 4) is 0 Å². The second kappa shape index (κ2) is 12.7. The zero-order valence-electron chi connectivity index (χ0n) is 20.3. The zero-order chi connectivity index (χ0) is 21.3. The minimum atomic E-state index is -0.853.